The van der Waals surface area contributed by atoms with Gasteiger partial charge in [-0.25, -0.2) is 0 Å². The second kappa shape index (κ2) is 5.63. The zero-order chi connectivity index (χ0) is 12.3. The second-order valence-electron chi connectivity index (χ2n) is 5.44. The SMILES string of the molecule is CCC1CCCCC1C(N)c1cncc(C)c1. The van der Waals surface area contributed by atoms with Crippen LogP contribution in [0, 0.1) is 18.8 Å². The summed E-state index contributed by atoms with van der Waals surface area (Å²) in [6, 6.07) is 2.37. The van der Waals surface area contributed by atoms with Crippen molar-refractivity contribution in [3.8, 4) is 0 Å². The Morgan fingerprint density at radius 2 is 2.12 bits per heavy atom. The van der Waals surface area contributed by atoms with E-state index in [0.717, 1.165) is 5.92 Å². The summed E-state index contributed by atoms with van der Waals surface area (Å²) in [4.78, 5) is 4.27. The molecule has 2 N–H and O–H groups in total. The van der Waals surface area contributed by atoms with Gasteiger partial charge in [-0.2, -0.15) is 0 Å². The predicted octanol–water partition coefficient (Wildman–Crippen LogP) is 3.61. The van der Waals surface area contributed by atoms with Crippen molar-refractivity contribution in [2.45, 2.75) is 52.0 Å². The van der Waals surface area contributed by atoms with Crippen molar-refractivity contribution in [3.63, 3.8) is 0 Å². The van der Waals surface area contributed by atoms with Crippen LogP contribution in [0.25, 0.3) is 0 Å². The molecule has 3 atom stereocenters. The van der Waals surface area contributed by atoms with E-state index in [0.29, 0.717) is 5.92 Å². The third-order valence-corrected chi connectivity index (χ3v) is 4.23. The van der Waals surface area contributed by atoms with Gasteiger partial charge in [-0.15, -0.1) is 0 Å². The van der Waals surface area contributed by atoms with Crippen molar-refractivity contribution in [2.75, 3.05) is 0 Å². The molecule has 1 saturated carbocycles. The maximum Gasteiger partial charge on any atom is 0.0341 e. The highest BCUT2D eigenvalue weighted by Crippen LogP contribution is 2.38. The number of pyridine rings is 1. The van der Waals surface area contributed by atoms with Crippen LogP contribution in [0.15, 0.2) is 18.5 Å². The van der Waals surface area contributed by atoms with Gasteiger partial charge in [0.1, 0.15) is 0 Å². The molecule has 2 rings (SSSR count). The minimum Gasteiger partial charge on any atom is -0.324 e. The molecular formula is C15H24N2. The van der Waals surface area contributed by atoms with E-state index in [-0.39, 0.29) is 6.04 Å². The first-order valence-electron chi connectivity index (χ1n) is 6.89. The molecule has 0 spiro atoms. The minimum atomic E-state index is 0.174. The summed E-state index contributed by atoms with van der Waals surface area (Å²) in [5, 5.41) is 0. The van der Waals surface area contributed by atoms with Crippen LogP contribution in [-0.4, -0.2) is 4.98 Å². The molecule has 1 fully saturated rings. The van der Waals surface area contributed by atoms with Crippen LogP contribution in [0.3, 0.4) is 0 Å². The van der Waals surface area contributed by atoms with E-state index in [9.17, 15) is 0 Å². The maximum absolute atomic E-state index is 6.46. The van der Waals surface area contributed by atoms with E-state index in [2.05, 4.69) is 24.9 Å². The van der Waals surface area contributed by atoms with Crippen molar-refractivity contribution in [1.29, 1.82) is 0 Å². The molecule has 94 valence electrons. The van der Waals surface area contributed by atoms with Crippen LogP contribution in [0.4, 0.5) is 0 Å². The Morgan fingerprint density at radius 3 is 2.82 bits per heavy atom. The lowest BCUT2D eigenvalue weighted by molar-refractivity contribution is 0.196. The Morgan fingerprint density at radius 1 is 1.35 bits per heavy atom. The lowest BCUT2D eigenvalue weighted by atomic mass is 9.73. The molecule has 0 amide bonds. The van der Waals surface area contributed by atoms with Crippen LogP contribution in [-0.2, 0) is 0 Å². The van der Waals surface area contributed by atoms with Crippen molar-refractivity contribution in [2.24, 2.45) is 17.6 Å². The van der Waals surface area contributed by atoms with Gasteiger partial charge in [0, 0.05) is 18.4 Å². The first-order chi connectivity index (χ1) is 8.22. The molecule has 0 bridgehead atoms. The van der Waals surface area contributed by atoms with Crippen LogP contribution in [0.5, 0.6) is 0 Å². The van der Waals surface area contributed by atoms with Crippen molar-refractivity contribution in [3.05, 3.63) is 29.6 Å². The second-order valence-corrected chi connectivity index (χ2v) is 5.44. The number of hydrogen-bond donors (Lipinski definition) is 1. The fourth-order valence-electron chi connectivity index (χ4n) is 3.22. The number of nitrogens with two attached hydrogens (primary N) is 1. The third-order valence-electron chi connectivity index (χ3n) is 4.23. The highest BCUT2D eigenvalue weighted by molar-refractivity contribution is 5.20. The predicted molar refractivity (Wildman–Crippen MR) is 71.6 cm³/mol. The number of aromatic nitrogens is 1. The van der Waals surface area contributed by atoms with E-state index < -0.39 is 0 Å². The molecule has 1 aliphatic rings. The van der Waals surface area contributed by atoms with Gasteiger partial charge in [0.05, 0.1) is 0 Å². The van der Waals surface area contributed by atoms with Gasteiger partial charge >= 0.3 is 0 Å². The molecule has 1 aromatic heterocycles. The Balaban J connectivity index is 2.15. The fraction of sp³-hybridized carbons (Fsp3) is 0.667. The molecule has 1 aliphatic carbocycles. The quantitative estimate of drug-likeness (QED) is 0.864. The van der Waals surface area contributed by atoms with E-state index in [1.807, 2.05) is 12.4 Å². The Hall–Kier alpha value is -0.890. The average molecular weight is 232 g/mol. The topological polar surface area (TPSA) is 38.9 Å². The number of hydrogen-bond acceptors (Lipinski definition) is 2. The zero-order valence-corrected chi connectivity index (χ0v) is 11.0. The summed E-state index contributed by atoms with van der Waals surface area (Å²) in [7, 11) is 0. The Kier molecular flexibility index (Phi) is 4.16. The van der Waals surface area contributed by atoms with Crippen LogP contribution in [0.1, 0.15) is 56.2 Å². The molecule has 2 nitrogen and oxygen atoms in total. The number of rotatable bonds is 3. The zero-order valence-electron chi connectivity index (χ0n) is 11.0. The smallest absolute Gasteiger partial charge is 0.0341 e. The Labute approximate surface area is 105 Å². The fourth-order valence-corrected chi connectivity index (χ4v) is 3.22. The lowest BCUT2D eigenvalue weighted by Crippen LogP contribution is -2.30. The number of nitrogens with zero attached hydrogens (tertiary/aromatic N) is 1. The van der Waals surface area contributed by atoms with E-state index in [1.165, 1.54) is 43.2 Å². The van der Waals surface area contributed by atoms with Crippen LogP contribution < -0.4 is 5.73 Å². The lowest BCUT2D eigenvalue weighted by Gasteiger charge is -2.35. The molecule has 0 radical (unpaired) electrons. The monoisotopic (exact) mass is 232 g/mol. The molecule has 1 aromatic rings. The van der Waals surface area contributed by atoms with Gasteiger partial charge < -0.3 is 5.73 Å². The number of aryl methyl sites for hydroxylation is 1. The van der Waals surface area contributed by atoms with E-state index in [4.69, 9.17) is 5.73 Å². The van der Waals surface area contributed by atoms with Crippen molar-refractivity contribution >= 4 is 0 Å². The first kappa shape index (κ1) is 12.6. The van der Waals surface area contributed by atoms with E-state index >= 15 is 0 Å². The highest BCUT2D eigenvalue weighted by Gasteiger charge is 2.29. The summed E-state index contributed by atoms with van der Waals surface area (Å²) in [6.45, 7) is 4.38. The van der Waals surface area contributed by atoms with Gasteiger partial charge in [0.2, 0.25) is 0 Å². The molecular weight excluding hydrogens is 208 g/mol. The van der Waals surface area contributed by atoms with Crippen LogP contribution >= 0.6 is 0 Å². The van der Waals surface area contributed by atoms with Gasteiger partial charge in [0.15, 0.2) is 0 Å². The van der Waals surface area contributed by atoms with Crippen LogP contribution in [0.2, 0.25) is 0 Å². The average Bonchev–Trinajstić information content (AvgIpc) is 2.38. The van der Waals surface area contributed by atoms with E-state index in [1.54, 1.807) is 0 Å². The van der Waals surface area contributed by atoms with Crippen molar-refractivity contribution < 1.29 is 0 Å². The minimum absolute atomic E-state index is 0.174. The summed E-state index contributed by atoms with van der Waals surface area (Å²) in [5.41, 5.74) is 8.89. The molecule has 2 heteroatoms. The largest absolute Gasteiger partial charge is 0.324 e. The molecule has 3 unspecified atom stereocenters. The molecule has 1 heterocycles. The highest BCUT2D eigenvalue weighted by atomic mass is 14.7. The standard InChI is InChI=1S/C15H24N2/c1-3-12-6-4-5-7-14(12)15(16)13-8-11(2)9-17-10-13/h8-10,12,14-15H,3-7,16H2,1-2H3. The Bertz CT molecular complexity index is 362. The van der Waals surface area contributed by atoms with Gasteiger partial charge in [0.25, 0.3) is 0 Å². The maximum atomic E-state index is 6.46. The molecule has 0 aromatic carbocycles. The summed E-state index contributed by atoms with van der Waals surface area (Å²) in [6.07, 6.45) is 10.5. The first-order valence-corrected chi connectivity index (χ1v) is 6.89. The summed E-state index contributed by atoms with van der Waals surface area (Å²) in [5.74, 6) is 1.46. The molecule has 17 heavy (non-hydrogen) atoms. The van der Waals surface area contributed by atoms with Gasteiger partial charge in [-0.05, 0) is 36.3 Å². The third kappa shape index (κ3) is 2.86. The molecule has 0 saturated heterocycles. The molecule has 0 aliphatic heterocycles. The normalized spacial score (nSPS) is 26.8. The summed E-state index contributed by atoms with van der Waals surface area (Å²) < 4.78 is 0. The summed E-state index contributed by atoms with van der Waals surface area (Å²) >= 11 is 0. The van der Waals surface area contributed by atoms with Crippen molar-refractivity contribution in [1.82, 2.24) is 4.98 Å². The van der Waals surface area contributed by atoms with Gasteiger partial charge in [-0.3, -0.25) is 4.98 Å². The van der Waals surface area contributed by atoms with Gasteiger partial charge in [-0.1, -0.05) is 38.7 Å².